The van der Waals surface area contributed by atoms with Gasteiger partial charge in [0.05, 0.1) is 17.2 Å². The van der Waals surface area contributed by atoms with Crippen LogP contribution in [-0.4, -0.2) is 13.7 Å². The third kappa shape index (κ3) is 3.85. The van der Waals surface area contributed by atoms with E-state index < -0.39 is 0 Å². The van der Waals surface area contributed by atoms with Gasteiger partial charge in [-0.2, -0.15) is 0 Å². The van der Waals surface area contributed by atoms with Crippen LogP contribution >= 0.6 is 23.2 Å². The molecule has 2 nitrogen and oxygen atoms in total. The summed E-state index contributed by atoms with van der Waals surface area (Å²) in [5, 5.41) is 4.44. The zero-order valence-electron chi connectivity index (χ0n) is 9.81. The van der Waals surface area contributed by atoms with E-state index in [4.69, 9.17) is 27.9 Å². The minimum absolute atomic E-state index is 0.538. The minimum Gasteiger partial charge on any atom is -0.494 e. The molecule has 90 valence electrons. The number of halogens is 2. The van der Waals surface area contributed by atoms with Crippen LogP contribution in [0.25, 0.3) is 0 Å². The van der Waals surface area contributed by atoms with Crippen LogP contribution in [0.4, 0.5) is 0 Å². The molecule has 0 saturated carbocycles. The van der Waals surface area contributed by atoms with Crippen molar-refractivity contribution in [2.75, 3.05) is 13.7 Å². The van der Waals surface area contributed by atoms with Gasteiger partial charge in [-0.15, -0.1) is 0 Å². The average molecular weight is 262 g/mol. The van der Waals surface area contributed by atoms with E-state index in [0.29, 0.717) is 21.7 Å². The highest BCUT2D eigenvalue weighted by atomic mass is 35.5. The molecular formula is C12H17Cl2NO. The Morgan fingerprint density at radius 2 is 1.81 bits per heavy atom. The monoisotopic (exact) mass is 261 g/mol. The summed E-state index contributed by atoms with van der Waals surface area (Å²) >= 11 is 12.1. The van der Waals surface area contributed by atoms with Crippen molar-refractivity contribution in [3.05, 3.63) is 27.7 Å². The van der Waals surface area contributed by atoms with Gasteiger partial charge in [-0.1, -0.05) is 37.0 Å². The SMILES string of the molecule is COc1c(Cl)cc(CNCC(C)C)cc1Cl. The highest BCUT2D eigenvalue weighted by Gasteiger charge is 2.08. The number of hydrogen-bond acceptors (Lipinski definition) is 2. The Kier molecular flexibility index (Phi) is 5.39. The second-order valence-electron chi connectivity index (χ2n) is 4.12. The van der Waals surface area contributed by atoms with Crippen molar-refractivity contribution in [1.82, 2.24) is 5.32 Å². The standard InChI is InChI=1S/C12H17Cl2NO/c1-8(2)6-15-7-9-4-10(13)12(16-3)11(14)5-9/h4-5,8,15H,6-7H2,1-3H3. The van der Waals surface area contributed by atoms with Crippen molar-refractivity contribution in [3.8, 4) is 5.75 Å². The maximum absolute atomic E-state index is 6.04. The van der Waals surface area contributed by atoms with E-state index in [0.717, 1.165) is 18.7 Å². The largest absolute Gasteiger partial charge is 0.494 e. The van der Waals surface area contributed by atoms with Gasteiger partial charge < -0.3 is 10.1 Å². The van der Waals surface area contributed by atoms with Crippen molar-refractivity contribution in [2.45, 2.75) is 20.4 Å². The minimum atomic E-state index is 0.538. The van der Waals surface area contributed by atoms with E-state index in [1.165, 1.54) is 0 Å². The molecule has 0 aliphatic heterocycles. The molecule has 0 atom stereocenters. The van der Waals surface area contributed by atoms with E-state index in [1.807, 2.05) is 12.1 Å². The second kappa shape index (κ2) is 6.33. The lowest BCUT2D eigenvalue weighted by Crippen LogP contribution is -2.18. The predicted octanol–water partition coefficient (Wildman–Crippen LogP) is 3.75. The molecule has 1 aromatic carbocycles. The van der Waals surface area contributed by atoms with Gasteiger partial charge in [-0.05, 0) is 30.2 Å². The summed E-state index contributed by atoms with van der Waals surface area (Å²) in [6.07, 6.45) is 0. The molecule has 4 heteroatoms. The van der Waals surface area contributed by atoms with Gasteiger partial charge in [-0.25, -0.2) is 0 Å². The molecule has 0 aliphatic carbocycles. The first-order valence-electron chi connectivity index (χ1n) is 5.27. The molecule has 0 unspecified atom stereocenters. The third-order valence-electron chi connectivity index (χ3n) is 2.14. The fourth-order valence-corrected chi connectivity index (χ4v) is 2.10. The van der Waals surface area contributed by atoms with E-state index in [1.54, 1.807) is 7.11 Å². The fraction of sp³-hybridized carbons (Fsp3) is 0.500. The normalized spacial score (nSPS) is 10.9. The number of ether oxygens (including phenoxy) is 1. The molecule has 1 aromatic rings. The molecule has 0 aliphatic rings. The number of nitrogens with one attached hydrogen (secondary N) is 1. The maximum Gasteiger partial charge on any atom is 0.156 e. The summed E-state index contributed by atoms with van der Waals surface area (Å²) in [6, 6.07) is 3.75. The second-order valence-corrected chi connectivity index (χ2v) is 4.93. The van der Waals surface area contributed by atoms with Crippen molar-refractivity contribution >= 4 is 23.2 Å². The molecule has 0 heterocycles. The zero-order chi connectivity index (χ0) is 12.1. The van der Waals surface area contributed by atoms with Gasteiger partial charge in [0.25, 0.3) is 0 Å². The molecule has 0 aromatic heterocycles. The lowest BCUT2D eigenvalue weighted by molar-refractivity contribution is 0.415. The van der Waals surface area contributed by atoms with E-state index in [2.05, 4.69) is 19.2 Å². The lowest BCUT2D eigenvalue weighted by atomic mass is 10.2. The lowest BCUT2D eigenvalue weighted by Gasteiger charge is -2.10. The molecule has 0 radical (unpaired) electrons. The first-order valence-corrected chi connectivity index (χ1v) is 6.02. The Bertz CT molecular complexity index is 330. The van der Waals surface area contributed by atoms with Crippen molar-refractivity contribution < 1.29 is 4.74 Å². The molecule has 1 rings (SSSR count). The summed E-state index contributed by atoms with van der Waals surface area (Å²) in [5.41, 5.74) is 1.07. The van der Waals surface area contributed by atoms with Crippen LogP contribution in [0.5, 0.6) is 5.75 Å². The quantitative estimate of drug-likeness (QED) is 0.872. The molecule has 0 amide bonds. The predicted molar refractivity (Wildman–Crippen MR) is 69.6 cm³/mol. The van der Waals surface area contributed by atoms with E-state index >= 15 is 0 Å². The van der Waals surface area contributed by atoms with E-state index in [-0.39, 0.29) is 0 Å². The molecule has 0 saturated heterocycles. The van der Waals surface area contributed by atoms with Crippen LogP contribution in [0.2, 0.25) is 10.0 Å². The molecule has 0 bridgehead atoms. The summed E-state index contributed by atoms with van der Waals surface area (Å²) < 4.78 is 5.09. The van der Waals surface area contributed by atoms with Crippen LogP contribution in [0, 0.1) is 5.92 Å². The Balaban J connectivity index is 2.68. The first-order chi connectivity index (χ1) is 7.54. The van der Waals surface area contributed by atoms with Gasteiger partial charge in [0.2, 0.25) is 0 Å². The topological polar surface area (TPSA) is 21.3 Å². The Labute approximate surface area is 107 Å². The molecule has 0 fully saturated rings. The van der Waals surface area contributed by atoms with Crippen LogP contribution in [0.3, 0.4) is 0 Å². The van der Waals surface area contributed by atoms with Gasteiger partial charge in [-0.3, -0.25) is 0 Å². The molecule has 16 heavy (non-hydrogen) atoms. The highest BCUT2D eigenvalue weighted by Crippen LogP contribution is 2.33. The Morgan fingerprint density at radius 1 is 1.25 bits per heavy atom. The van der Waals surface area contributed by atoms with Crippen molar-refractivity contribution in [2.24, 2.45) is 5.92 Å². The van der Waals surface area contributed by atoms with E-state index in [9.17, 15) is 0 Å². The van der Waals surface area contributed by atoms with Crippen molar-refractivity contribution in [1.29, 1.82) is 0 Å². The maximum atomic E-state index is 6.04. The van der Waals surface area contributed by atoms with Crippen LogP contribution in [0.1, 0.15) is 19.4 Å². The van der Waals surface area contributed by atoms with Crippen LogP contribution in [-0.2, 0) is 6.54 Å². The summed E-state index contributed by atoms with van der Waals surface area (Å²) in [5.74, 6) is 1.17. The number of hydrogen-bond donors (Lipinski definition) is 1. The zero-order valence-corrected chi connectivity index (χ0v) is 11.3. The average Bonchev–Trinajstić information content (AvgIpc) is 2.16. The number of benzene rings is 1. The number of methoxy groups -OCH3 is 1. The van der Waals surface area contributed by atoms with Gasteiger partial charge in [0.1, 0.15) is 0 Å². The third-order valence-corrected chi connectivity index (χ3v) is 2.71. The van der Waals surface area contributed by atoms with Gasteiger partial charge in [0.15, 0.2) is 5.75 Å². The smallest absolute Gasteiger partial charge is 0.156 e. The molecule has 1 N–H and O–H groups in total. The first kappa shape index (κ1) is 13.6. The molecule has 0 spiro atoms. The van der Waals surface area contributed by atoms with Crippen LogP contribution in [0.15, 0.2) is 12.1 Å². The van der Waals surface area contributed by atoms with Crippen molar-refractivity contribution in [3.63, 3.8) is 0 Å². The summed E-state index contributed by atoms with van der Waals surface area (Å²) in [7, 11) is 1.56. The fourth-order valence-electron chi connectivity index (χ4n) is 1.41. The van der Waals surface area contributed by atoms with Gasteiger partial charge >= 0.3 is 0 Å². The highest BCUT2D eigenvalue weighted by molar-refractivity contribution is 6.37. The summed E-state index contributed by atoms with van der Waals surface area (Å²) in [6.45, 7) is 6.07. The van der Waals surface area contributed by atoms with Gasteiger partial charge in [0, 0.05) is 6.54 Å². The van der Waals surface area contributed by atoms with Crippen LogP contribution < -0.4 is 10.1 Å². The number of rotatable bonds is 5. The summed E-state index contributed by atoms with van der Waals surface area (Å²) in [4.78, 5) is 0. The Morgan fingerprint density at radius 3 is 2.25 bits per heavy atom. The Hall–Kier alpha value is -0.440. The molecular weight excluding hydrogens is 245 g/mol.